The summed E-state index contributed by atoms with van der Waals surface area (Å²) in [6.45, 7) is 0.441. The van der Waals surface area contributed by atoms with Gasteiger partial charge in [-0.1, -0.05) is 24.3 Å². The average molecular weight is 288 g/mol. The number of aliphatic hydroxyl groups is 1. The van der Waals surface area contributed by atoms with E-state index in [-0.39, 0.29) is 5.82 Å². The Hall–Kier alpha value is -2.07. The fourth-order valence-electron chi connectivity index (χ4n) is 2.31. The first-order chi connectivity index (χ1) is 9.99. The molecule has 21 heavy (non-hydrogen) atoms. The van der Waals surface area contributed by atoms with E-state index in [2.05, 4.69) is 0 Å². The van der Waals surface area contributed by atoms with Crippen molar-refractivity contribution in [3.8, 4) is 0 Å². The molecule has 0 aliphatic carbocycles. The molecule has 0 radical (unpaired) electrons. The van der Waals surface area contributed by atoms with Crippen molar-refractivity contribution < 1.29 is 9.50 Å². The molecule has 112 valence electrons. The summed E-state index contributed by atoms with van der Waals surface area (Å²) in [4.78, 5) is 4.04. The van der Waals surface area contributed by atoms with Gasteiger partial charge in [-0.15, -0.1) is 0 Å². The fraction of sp³-hybridized carbons (Fsp3) is 0.294. The third kappa shape index (κ3) is 3.73. The third-order valence-corrected chi connectivity index (χ3v) is 3.48. The number of rotatable bonds is 5. The number of likely N-dealkylation sites (N-methyl/N-ethyl adjacent to an activating group) is 1. The number of aliphatic hydroxyl groups excluding tert-OH is 1. The van der Waals surface area contributed by atoms with Crippen LogP contribution in [-0.2, 0) is 0 Å². The van der Waals surface area contributed by atoms with Crippen LogP contribution in [0.25, 0.3) is 0 Å². The number of nitrogens with zero attached hydrogens (tertiary/aromatic N) is 2. The zero-order valence-corrected chi connectivity index (χ0v) is 12.6. The predicted octanol–water partition coefficient (Wildman–Crippen LogP) is 3.06. The SMILES string of the molecule is CN(C)c1ccccc1N(C)CC(O)c1ccc(F)cc1. The van der Waals surface area contributed by atoms with Gasteiger partial charge >= 0.3 is 0 Å². The first kappa shape index (κ1) is 15.3. The Balaban J connectivity index is 2.14. The van der Waals surface area contributed by atoms with Gasteiger partial charge in [-0.25, -0.2) is 4.39 Å². The minimum absolute atomic E-state index is 0.294. The highest BCUT2D eigenvalue weighted by Crippen LogP contribution is 2.28. The minimum atomic E-state index is -0.661. The van der Waals surface area contributed by atoms with Crippen molar-refractivity contribution in [2.24, 2.45) is 0 Å². The summed E-state index contributed by atoms with van der Waals surface area (Å²) in [6.07, 6.45) is -0.661. The van der Waals surface area contributed by atoms with Crippen molar-refractivity contribution in [2.75, 3.05) is 37.5 Å². The lowest BCUT2D eigenvalue weighted by Gasteiger charge is -2.27. The lowest BCUT2D eigenvalue weighted by atomic mass is 10.1. The molecule has 0 aromatic heterocycles. The van der Waals surface area contributed by atoms with Crippen molar-refractivity contribution in [2.45, 2.75) is 6.10 Å². The zero-order valence-electron chi connectivity index (χ0n) is 12.6. The molecular formula is C17H21FN2O. The summed E-state index contributed by atoms with van der Waals surface area (Å²) in [5.74, 6) is -0.294. The van der Waals surface area contributed by atoms with E-state index in [1.165, 1.54) is 12.1 Å². The second-order valence-corrected chi connectivity index (χ2v) is 5.33. The number of anilines is 2. The van der Waals surface area contributed by atoms with Crippen molar-refractivity contribution in [1.82, 2.24) is 0 Å². The van der Waals surface area contributed by atoms with E-state index >= 15 is 0 Å². The van der Waals surface area contributed by atoms with Crippen LogP contribution in [0.1, 0.15) is 11.7 Å². The largest absolute Gasteiger partial charge is 0.387 e. The van der Waals surface area contributed by atoms with Crippen LogP contribution in [0, 0.1) is 5.82 Å². The first-order valence-corrected chi connectivity index (χ1v) is 6.90. The highest BCUT2D eigenvalue weighted by molar-refractivity contribution is 5.70. The lowest BCUT2D eigenvalue weighted by Crippen LogP contribution is -2.26. The van der Waals surface area contributed by atoms with Gasteiger partial charge in [-0.3, -0.25) is 0 Å². The normalized spacial score (nSPS) is 12.0. The summed E-state index contributed by atoms with van der Waals surface area (Å²) in [5.41, 5.74) is 2.85. The Morgan fingerprint density at radius 2 is 1.52 bits per heavy atom. The summed E-state index contributed by atoms with van der Waals surface area (Å²) in [6, 6.07) is 14.0. The molecule has 0 bridgehead atoms. The van der Waals surface area contributed by atoms with Gasteiger partial charge in [0.25, 0.3) is 0 Å². The van der Waals surface area contributed by atoms with Crippen molar-refractivity contribution >= 4 is 11.4 Å². The molecule has 0 aliphatic heterocycles. The van der Waals surface area contributed by atoms with Gasteiger partial charge in [0.2, 0.25) is 0 Å². The van der Waals surface area contributed by atoms with Crippen LogP contribution in [0.4, 0.5) is 15.8 Å². The molecule has 1 N–H and O–H groups in total. The van der Waals surface area contributed by atoms with Crippen LogP contribution in [0.5, 0.6) is 0 Å². The molecule has 0 saturated heterocycles. The fourth-order valence-corrected chi connectivity index (χ4v) is 2.31. The maximum absolute atomic E-state index is 12.9. The Labute approximate surface area is 125 Å². The van der Waals surface area contributed by atoms with Gasteiger partial charge in [-0.2, -0.15) is 0 Å². The highest BCUT2D eigenvalue weighted by atomic mass is 19.1. The second-order valence-electron chi connectivity index (χ2n) is 5.33. The molecule has 0 aliphatic rings. The van der Waals surface area contributed by atoms with Crippen molar-refractivity contribution in [3.63, 3.8) is 0 Å². The van der Waals surface area contributed by atoms with E-state index in [0.717, 1.165) is 11.4 Å². The van der Waals surface area contributed by atoms with Gasteiger partial charge in [0.1, 0.15) is 5.82 Å². The van der Waals surface area contributed by atoms with E-state index in [4.69, 9.17) is 0 Å². The topological polar surface area (TPSA) is 26.7 Å². The Morgan fingerprint density at radius 1 is 0.952 bits per heavy atom. The number of para-hydroxylation sites is 2. The maximum atomic E-state index is 12.9. The predicted molar refractivity (Wildman–Crippen MR) is 85.4 cm³/mol. The molecule has 0 heterocycles. The summed E-state index contributed by atoms with van der Waals surface area (Å²) >= 11 is 0. The van der Waals surface area contributed by atoms with Crippen LogP contribution in [-0.4, -0.2) is 32.8 Å². The van der Waals surface area contributed by atoms with E-state index in [1.54, 1.807) is 12.1 Å². The number of hydrogen-bond donors (Lipinski definition) is 1. The molecule has 0 spiro atoms. The smallest absolute Gasteiger partial charge is 0.123 e. The molecule has 0 amide bonds. The van der Waals surface area contributed by atoms with E-state index < -0.39 is 6.10 Å². The minimum Gasteiger partial charge on any atom is -0.387 e. The Kier molecular flexibility index (Phi) is 4.81. The van der Waals surface area contributed by atoms with Gasteiger partial charge in [0.15, 0.2) is 0 Å². The Bertz CT molecular complexity index is 584. The quantitative estimate of drug-likeness (QED) is 0.916. The molecule has 0 fully saturated rings. The lowest BCUT2D eigenvalue weighted by molar-refractivity contribution is 0.185. The van der Waals surface area contributed by atoms with Gasteiger partial charge < -0.3 is 14.9 Å². The molecule has 0 saturated carbocycles. The van der Waals surface area contributed by atoms with Crippen molar-refractivity contribution in [3.05, 3.63) is 59.9 Å². The molecule has 1 atom stereocenters. The standard InChI is InChI=1S/C17H21FN2O/c1-19(2)15-6-4-5-7-16(15)20(3)12-17(21)13-8-10-14(18)11-9-13/h4-11,17,21H,12H2,1-3H3. The number of benzene rings is 2. The summed E-state index contributed by atoms with van der Waals surface area (Å²) in [7, 11) is 5.92. The molecule has 2 aromatic carbocycles. The average Bonchev–Trinajstić information content (AvgIpc) is 2.47. The Morgan fingerprint density at radius 3 is 2.10 bits per heavy atom. The monoisotopic (exact) mass is 288 g/mol. The molecule has 2 aromatic rings. The summed E-state index contributed by atoms with van der Waals surface area (Å²) < 4.78 is 12.9. The van der Waals surface area contributed by atoms with Crippen molar-refractivity contribution in [1.29, 1.82) is 0 Å². The van der Waals surface area contributed by atoms with Crippen LogP contribution in [0.3, 0.4) is 0 Å². The highest BCUT2D eigenvalue weighted by Gasteiger charge is 2.14. The van der Waals surface area contributed by atoms with E-state index in [9.17, 15) is 9.50 Å². The second kappa shape index (κ2) is 6.59. The van der Waals surface area contributed by atoms with Crippen LogP contribution in [0.15, 0.2) is 48.5 Å². The first-order valence-electron chi connectivity index (χ1n) is 6.90. The molecule has 2 rings (SSSR count). The van der Waals surface area contributed by atoms with Gasteiger partial charge in [0.05, 0.1) is 17.5 Å². The number of halogens is 1. The maximum Gasteiger partial charge on any atom is 0.123 e. The molecule has 3 nitrogen and oxygen atoms in total. The van der Waals surface area contributed by atoms with Crippen LogP contribution in [0.2, 0.25) is 0 Å². The van der Waals surface area contributed by atoms with Crippen LogP contribution >= 0.6 is 0 Å². The van der Waals surface area contributed by atoms with E-state index in [1.807, 2.05) is 55.2 Å². The molecule has 4 heteroatoms. The van der Waals surface area contributed by atoms with Crippen LogP contribution < -0.4 is 9.80 Å². The summed E-state index contributed by atoms with van der Waals surface area (Å²) in [5, 5.41) is 10.3. The third-order valence-electron chi connectivity index (χ3n) is 3.48. The molecular weight excluding hydrogens is 267 g/mol. The van der Waals surface area contributed by atoms with E-state index in [0.29, 0.717) is 12.1 Å². The van der Waals surface area contributed by atoms with Gasteiger partial charge in [-0.05, 0) is 29.8 Å². The molecule has 1 unspecified atom stereocenters. The zero-order chi connectivity index (χ0) is 15.4. The number of hydrogen-bond acceptors (Lipinski definition) is 3. The van der Waals surface area contributed by atoms with Gasteiger partial charge in [0, 0.05) is 27.7 Å².